The van der Waals surface area contributed by atoms with E-state index in [9.17, 15) is 4.79 Å². The number of hydrogen-bond donors (Lipinski definition) is 1. The lowest BCUT2D eigenvalue weighted by Crippen LogP contribution is -2.32. The first-order valence-electron chi connectivity index (χ1n) is 5.24. The lowest BCUT2D eigenvalue weighted by atomic mass is 10.2. The summed E-state index contributed by atoms with van der Waals surface area (Å²) in [7, 11) is 0. The van der Waals surface area contributed by atoms with Gasteiger partial charge in [0.05, 0.1) is 12.9 Å². The van der Waals surface area contributed by atoms with Gasteiger partial charge in [0.2, 0.25) is 0 Å². The van der Waals surface area contributed by atoms with Crippen molar-refractivity contribution in [2.75, 3.05) is 12.4 Å². The van der Waals surface area contributed by atoms with Crippen LogP contribution in [0.15, 0.2) is 21.6 Å². The molecule has 1 atom stereocenters. The minimum atomic E-state index is -0.528. The van der Waals surface area contributed by atoms with E-state index in [1.54, 1.807) is 24.9 Å². The number of nitrogens with two attached hydrogens (primary N) is 1. The number of esters is 1. The Balaban J connectivity index is 2.25. The molecule has 1 rings (SSSR count). The zero-order valence-corrected chi connectivity index (χ0v) is 10.4. The third-order valence-electron chi connectivity index (χ3n) is 2.09. The molecule has 1 heterocycles. The molecule has 0 saturated carbocycles. The average Bonchev–Trinajstić information content (AvgIpc) is 2.65. The van der Waals surface area contributed by atoms with Gasteiger partial charge in [-0.3, -0.25) is 4.79 Å². The number of aryl methyl sites for hydroxylation is 1. The predicted octanol–water partition coefficient (Wildman–Crippen LogP) is 1.96. The fraction of sp³-hybridized carbons (Fsp3) is 0.545. The third kappa shape index (κ3) is 3.90. The van der Waals surface area contributed by atoms with E-state index in [1.807, 2.05) is 13.0 Å². The van der Waals surface area contributed by atoms with Crippen LogP contribution in [0.2, 0.25) is 0 Å². The highest BCUT2D eigenvalue weighted by Crippen LogP contribution is 2.23. The second-order valence-electron chi connectivity index (χ2n) is 3.34. The minimum Gasteiger partial charge on any atom is -0.468 e. The van der Waals surface area contributed by atoms with Gasteiger partial charge in [-0.1, -0.05) is 0 Å². The summed E-state index contributed by atoms with van der Waals surface area (Å²) in [5, 5.41) is 0. The molecule has 1 aromatic heterocycles. The molecular formula is C11H17NO3S. The highest BCUT2D eigenvalue weighted by Gasteiger charge is 2.14. The van der Waals surface area contributed by atoms with E-state index in [0.29, 0.717) is 13.0 Å². The number of rotatable bonds is 6. The quantitative estimate of drug-likeness (QED) is 0.611. The topological polar surface area (TPSA) is 65.5 Å². The summed E-state index contributed by atoms with van der Waals surface area (Å²) in [4.78, 5) is 12.3. The molecular weight excluding hydrogens is 226 g/mol. The van der Waals surface area contributed by atoms with E-state index in [4.69, 9.17) is 14.9 Å². The summed E-state index contributed by atoms with van der Waals surface area (Å²) < 4.78 is 9.99. The van der Waals surface area contributed by atoms with Crippen LogP contribution in [-0.2, 0) is 9.53 Å². The fourth-order valence-corrected chi connectivity index (χ4v) is 2.18. The SMILES string of the molecule is CCOC(=O)C(N)CCSc1ccoc1C. The zero-order valence-electron chi connectivity index (χ0n) is 9.56. The van der Waals surface area contributed by atoms with Gasteiger partial charge in [0.15, 0.2) is 0 Å². The monoisotopic (exact) mass is 243 g/mol. The van der Waals surface area contributed by atoms with Crippen molar-refractivity contribution in [1.29, 1.82) is 0 Å². The molecule has 1 aromatic rings. The Morgan fingerprint density at radius 1 is 1.69 bits per heavy atom. The Morgan fingerprint density at radius 3 is 3.00 bits per heavy atom. The summed E-state index contributed by atoms with van der Waals surface area (Å²) in [5.74, 6) is 1.35. The van der Waals surface area contributed by atoms with Crippen LogP contribution >= 0.6 is 11.8 Å². The van der Waals surface area contributed by atoms with Crippen molar-refractivity contribution in [2.24, 2.45) is 5.73 Å². The summed E-state index contributed by atoms with van der Waals surface area (Å²) >= 11 is 1.64. The molecule has 0 spiro atoms. The van der Waals surface area contributed by atoms with Crippen molar-refractivity contribution < 1.29 is 13.9 Å². The van der Waals surface area contributed by atoms with E-state index < -0.39 is 6.04 Å². The molecule has 1 unspecified atom stereocenters. The van der Waals surface area contributed by atoms with Crippen LogP contribution in [0.25, 0.3) is 0 Å². The van der Waals surface area contributed by atoms with Gasteiger partial charge in [-0.05, 0) is 26.3 Å². The number of hydrogen-bond acceptors (Lipinski definition) is 5. The van der Waals surface area contributed by atoms with Crippen molar-refractivity contribution in [3.8, 4) is 0 Å². The molecule has 2 N–H and O–H groups in total. The highest BCUT2D eigenvalue weighted by atomic mass is 32.2. The van der Waals surface area contributed by atoms with Crippen molar-refractivity contribution in [3.05, 3.63) is 18.1 Å². The summed E-state index contributed by atoms with van der Waals surface area (Å²) in [6, 6.07) is 1.38. The van der Waals surface area contributed by atoms with E-state index in [0.717, 1.165) is 16.4 Å². The van der Waals surface area contributed by atoms with Crippen molar-refractivity contribution in [3.63, 3.8) is 0 Å². The standard InChI is InChI=1S/C11H17NO3S/c1-3-14-11(13)9(12)5-7-16-10-4-6-15-8(10)2/h4,6,9H,3,5,7,12H2,1-2H3. The van der Waals surface area contributed by atoms with Crippen LogP contribution in [0.5, 0.6) is 0 Å². The Morgan fingerprint density at radius 2 is 2.44 bits per heavy atom. The van der Waals surface area contributed by atoms with Gasteiger partial charge in [0, 0.05) is 10.6 Å². The molecule has 16 heavy (non-hydrogen) atoms. The van der Waals surface area contributed by atoms with Gasteiger partial charge >= 0.3 is 5.97 Å². The number of thioether (sulfide) groups is 1. The molecule has 90 valence electrons. The third-order valence-corrected chi connectivity index (χ3v) is 3.26. The molecule has 0 aliphatic rings. The van der Waals surface area contributed by atoms with Crippen LogP contribution in [0, 0.1) is 6.92 Å². The number of furan rings is 1. The summed E-state index contributed by atoms with van der Waals surface area (Å²) in [6.45, 7) is 4.06. The maximum absolute atomic E-state index is 11.2. The fourth-order valence-electron chi connectivity index (χ4n) is 1.19. The molecule has 0 aliphatic heterocycles. The largest absolute Gasteiger partial charge is 0.468 e. The lowest BCUT2D eigenvalue weighted by molar-refractivity contribution is -0.144. The summed E-state index contributed by atoms with van der Waals surface area (Å²) in [5.41, 5.74) is 5.67. The number of carbonyl (C=O) groups excluding carboxylic acids is 1. The Labute approximate surface area is 99.5 Å². The average molecular weight is 243 g/mol. The summed E-state index contributed by atoms with van der Waals surface area (Å²) in [6.07, 6.45) is 2.26. The molecule has 0 aromatic carbocycles. The van der Waals surface area contributed by atoms with Crippen molar-refractivity contribution in [1.82, 2.24) is 0 Å². The highest BCUT2D eigenvalue weighted by molar-refractivity contribution is 7.99. The van der Waals surface area contributed by atoms with E-state index in [1.165, 1.54) is 0 Å². The number of ether oxygens (including phenoxy) is 1. The maximum Gasteiger partial charge on any atom is 0.322 e. The van der Waals surface area contributed by atoms with Gasteiger partial charge in [-0.15, -0.1) is 11.8 Å². The van der Waals surface area contributed by atoms with Gasteiger partial charge in [0.1, 0.15) is 11.8 Å². The zero-order chi connectivity index (χ0) is 12.0. The normalized spacial score (nSPS) is 12.4. The van der Waals surface area contributed by atoms with Crippen LogP contribution < -0.4 is 5.73 Å². The van der Waals surface area contributed by atoms with Crippen LogP contribution in [0.3, 0.4) is 0 Å². The van der Waals surface area contributed by atoms with Crippen molar-refractivity contribution >= 4 is 17.7 Å². The van der Waals surface area contributed by atoms with Crippen LogP contribution in [-0.4, -0.2) is 24.4 Å². The molecule has 4 nitrogen and oxygen atoms in total. The van der Waals surface area contributed by atoms with E-state index in [2.05, 4.69) is 0 Å². The van der Waals surface area contributed by atoms with Crippen LogP contribution in [0.1, 0.15) is 19.1 Å². The van der Waals surface area contributed by atoms with Gasteiger partial charge < -0.3 is 14.9 Å². The first-order valence-corrected chi connectivity index (χ1v) is 6.22. The number of carbonyl (C=O) groups is 1. The smallest absolute Gasteiger partial charge is 0.322 e. The minimum absolute atomic E-state index is 0.327. The Hall–Kier alpha value is -0.940. The Kier molecular flexibility index (Phi) is 5.42. The Bertz CT molecular complexity index is 338. The first-order chi connectivity index (χ1) is 7.65. The molecule has 0 radical (unpaired) electrons. The molecule has 0 bridgehead atoms. The van der Waals surface area contributed by atoms with Crippen LogP contribution in [0.4, 0.5) is 0 Å². The molecule has 0 amide bonds. The molecule has 0 aliphatic carbocycles. The maximum atomic E-state index is 11.2. The van der Waals surface area contributed by atoms with Gasteiger partial charge in [0.25, 0.3) is 0 Å². The lowest BCUT2D eigenvalue weighted by Gasteiger charge is -2.09. The van der Waals surface area contributed by atoms with Crippen molar-refractivity contribution in [2.45, 2.75) is 31.2 Å². The van der Waals surface area contributed by atoms with Gasteiger partial charge in [-0.2, -0.15) is 0 Å². The molecule has 0 saturated heterocycles. The predicted molar refractivity (Wildman–Crippen MR) is 63.4 cm³/mol. The van der Waals surface area contributed by atoms with E-state index in [-0.39, 0.29) is 5.97 Å². The second-order valence-corrected chi connectivity index (χ2v) is 4.47. The second kappa shape index (κ2) is 6.60. The first kappa shape index (κ1) is 13.1. The van der Waals surface area contributed by atoms with E-state index >= 15 is 0 Å². The van der Waals surface area contributed by atoms with Gasteiger partial charge in [-0.25, -0.2) is 0 Å². The molecule has 5 heteroatoms. The molecule has 0 fully saturated rings.